The van der Waals surface area contributed by atoms with Crippen LogP contribution in [0.15, 0.2) is 0 Å². The smallest absolute Gasteiger partial charge is 0.223 e. The Kier molecular flexibility index (Phi) is 9.30. The summed E-state index contributed by atoms with van der Waals surface area (Å²) in [6, 6.07) is 0.359. The molecule has 1 unspecified atom stereocenters. The van der Waals surface area contributed by atoms with E-state index in [1.165, 1.54) is 0 Å². The minimum atomic E-state index is 0.203. The van der Waals surface area contributed by atoms with Crippen LogP contribution < -0.4 is 10.6 Å². The molecule has 0 radical (unpaired) electrons. The molecule has 0 aliphatic carbocycles. The van der Waals surface area contributed by atoms with Crippen molar-refractivity contribution < 1.29 is 4.79 Å². The SMILES string of the molecule is CCCCC(CC)C(=O)NC[C@@H](C)NCC. The molecule has 0 saturated heterocycles. The van der Waals surface area contributed by atoms with E-state index in [0.29, 0.717) is 6.04 Å². The van der Waals surface area contributed by atoms with Crippen molar-refractivity contribution in [1.29, 1.82) is 0 Å². The Morgan fingerprint density at radius 1 is 1.25 bits per heavy atom. The molecule has 96 valence electrons. The lowest BCUT2D eigenvalue weighted by Crippen LogP contribution is -2.41. The number of unbranched alkanes of at least 4 members (excludes halogenated alkanes) is 1. The van der Waals surface area contributed by atoms with Gasteiger partial charge in [0.05, 0.1) is 0 Å². The first-order valence-electron chi connectivity index (χ1n) is 6.66. The molecule has 16 heavy (non-hydrogen) atoms. The highest BCUT2D eigenvalue weighted by Crippen LogP contribution is 2.12. The highest BCUT2D eigenvalue weighted by Gasteiger charge is 2.15. The fourth-order valence-corrected chi connectivity index (χ4v) is 1.79. The summed E-state index contributed by atoms with van der Waals surface area (Å²) < 4.78 is 0. The standard InChI is InChI=1S/C13H28N2O/c1-5-8-9-12(6-2)13(16)15-10-11(4)14-7-3/h11-12,14H,5-10H2,1-4H3,(H,15,16)/t11-,12?/m1/s1. The quantitative estimate of drug-likeness (QED) is 0.636. The van der Waals surface area contributed by atoms with Gasteiger partial charge in [0, 0.05) is 18.5 Å². The number of amides is 1. The maximum Gasteiger partial charge on any atom is 0.223 e. The molecule has 3 heteroatoms. The molecular formula is C13H28N2O. The van der Waals surface area contributed by atoms with Gasteiger partial charge >= 0.3 is 0 Å². The molecule has 0 bridgehead atoms. The van der Waals surface area contributed by atoms with Gasteiger partial charge in [-0.05, 0) is 26.3 Å². The van der Waals surface area contributed by atoms with Gasteiger partial charge < -0.3 is 10.6 Å². The van der Waals surface area contributed by atoms with E-state index in [1.54, 1.807) is 0 Å². The number of hydrogen-bond donors (Lipinski definition) is 2. The van der Waals surface area contributed by atoms with Crippen LogP contribution in [0.5, 0.6) is 0 Å². The van der Waals surface area contributed by atoms with Crippen LogP contribution in [0.4, 0.5) is 0 Å². The fraction of sp³-hybridized carbons (Fsp3) is 0.923. The van der Waals surface area contributed by atoms with Gasteiger partial charge in [-0.3, -0.25) is 4.79 Å². The molecule has 0 aromatic rings. The summed E-state index contributed by atoms with van der Waals surface area (Å²) in [5.74, 6) is 0.425. The predicted octanol–water partition coefficient (Wildman–Crippen LogP) is 2.32. The summed E-state index contributed by atoms with van der Waals surface area (Å²) in [6.07, 6.45) is 4.28. The van der Waals surface area contributed by atoms with E-state index in [9.17, 15) is 4.79 Å². The van der Waals surface area contributed by atoms with Crippen LogP contribution in [0.25, 0.3) is 0 Å². The first-order chi connectivity index (χ1) is 7.65. The third kappa shape index (κ3) is 6.83. The monoisotopic (exact) mass is 228 g/mol. The van der Waals surface area contributed by atoms with Crippen molar-refractivity contribution in [1.82, 2.24) is 10.6 Å². The van der Waals surface area contributed by atoms with Crippen LogP contribution in [0.3, 0.4) is 0 Å². The first-order valence-corrected chi connectivity index (χ1v) is 6.66. The van der Waals surface area contributed by atoms with E-state index in [2.05, 4.69) is 38.3 Å². The average molecular weight is 228 g/mol. The molecule has 1 amide bonds. The van der Waals surface area contributed by atoms with Crippen molar-refractivity contribution >= 4 is 5.91 Å². The summed E-state index contributed by atoms with van der Waals surface area (Å²) in [6.45, 7) is 10.1. The van der Waals surface area contributed by atoms with Crippen LogP contribution in [0.2, 0.25) is 0 Å². The van der Waals surface area contributed by atoms with Gasteiger partial charge in [-0.15, -0.1) is 0 Å². The third-order valence-corrected chi connectivity index (χ3v) is 2.90. The number of nitrogens with one attached hydrogen (secondary N) is 2. The zero-order valence-corrected chi connectivity index (χ0v) is 11.3. The largest absolute Gasteiger partial charge is 0.354 e. The lowest BCUT2D eigenvalue weighted by Gasteiger charge is -2.17. The number of carbonyl (C=O) groups is 1. The van der Waals surface area contributed by atoms with Gasteiger partial charge in [0.25, 0.3) is 0 Å². The molecule has 0 rings (SSSR count). The van der Waals surface area contributed by atoms with Crippen molar-refractivity contribution in [2.45, 2.75) is 59.4 Å². The van der Waals surface area contributed by atoms with Crippen LogP contribution in [0, 0.1) is 5.92 Å². The van der Waals surface area contributed by atoms with E-state index in [0.717, 1.165) is 38.8 Å². The Balaban J connectivity index is 3.82. The van der Waals surface area contributed by atoms with Gasteiger partial charge in [-0.2, -0.15) is 0 Å². The lowest BCUT2D eigenvalue weighted by atomic mass is 9.98. The molecule has 3 nitrogen and oxygen atoms in total. The normalized spacial score (nSPS) is 14.5. The number of hydrogen-bond acceptors (Lipinski definition) is 2. The van der Waals surface area contributed by atoms with Crippen LogP contribution in [-0.4, -0.2) is 25.0 Å². The summed E-state index contributed by atoms with van der Waals surface area (Å²) in [5.41, 5.74) is 0. The van der Waals surface area contributed by atoms with Crippen molar-refractivity contribution in [2.75, 3.05) is 13.1 Å². The van der Waals surface area contributed by atoms with E-state index < -0.39 is 0 Å². The molecule has 0 spiro atoms. The van der Waals surface area contributed by atoms with Crippen molar-refractivity contribution in [3.05, 3.63) is 0 Å². The average Bonchev–Trinajstić information content (AvgIpc) is 2.28. The second-order valence-corrected chi connectivity index (χ2v) is 4.45. The number of likely N-dealkylation sites (N-methyl/N-ethyl adjacent to an activating group) is 1. The molecule has 2 N–H and O–H groups in total. The van der Waals surface area contributed by atoms with Crippen LogP contribution in [-0.2, 0) is 4.79 Å². The van der Waals surface area contributed by atoms with E-state index in [-0.39, 0.29) is 11.8 Å². The number of rotatable bonds is 9. The molecule has 0 aliphatic heterocycles. The summed E-state index contributed by atoms with van der Waals surface area (Å²) in [4.78, 5) is 11.8. The molecule has 0 aromatic heterocycles. The summed E-state index contributed by atoms with van der Waals surface area (Å²) in [7, 11) is 0. The van der Waals surface area contributed by atoms with Gasteiger partial charge in [0.2, 0.25) is 5.91 Å². The van der Waals surface area contributed by atoms with E-state index >= 15 is 0 Å². The Hall–Kier alpha value is -0.570. The Labute approximate surface area is 100 Å². The molecule has 0 saturated carbocycles. The zero-order valence-electron chi connectivity index (χ0n) is 11.3. The predicted molar refractivity (Wildman–Crippen MR) is 69.5 cm³/mol. The lowest BCUT2D eigenvalue weighted by molar-refractivity contribution is -0.125. The Morgan fingerprint density at radius 2 is 1.94 bits per heavy atom. The van der Waals surface area contributed by atoms with Gasteiger partial charge in [-0.25, -0.2) is 0 Å². The van der Waals surface area contributed by atoms with Crippen molar-refractivity contribution in [3.8, 4) is 0 Å². The third-order valence-electron chi connectivity index (χ3n) is 2.90. The van der Waals surface area contributed by atoms with Gasteiger partial charge in [0.1, 0.15) is 0 Å². The molecule has 0 aromatic carbocycles. The van der Waals surface area contributed by atoms with Crippen molar-refractivity contribution in [2.24, 2.45) is 5.92 Å². The van der Waals surface area contributed by atoms with Gasteiger partial charge in [0.15, 0.2) is 0 Å². The summed E-state index contributed by atoms with van der Waals surface area (Å²) in [5, 5.41) is 6.31. The van der Waals surface area contributed by atoms with Crippen LogP contribution >= 0.6 is 0 Å². The highest BCUT2D eigenvalue weighted by atomic mass is 16.1. The second kappa shape index (κ2) is 9.64. The molecule has 0 aliphatic rings. The Morgan fingerprint density at radius 3 is 2.44 bits per heavy atom. The van der Waals surface area contributed by atoms with Gasteiger partial charge in [-0.1, -0.05) is 33.6 Å². The molecular weight excluding hydrogens is 200 g/mol. The highest BCUT2D eigenvalue weighted by molar-refractivity contribution is 5.78. The summed E-state index contributed by atoms with van der Waals surface area (Å²) >= 11 is 0. The minimum absolute atomic E-state index is 0.203. The van der Waals surface area contributed by atoms with Crippen LogP contribution in [0.1, 0.15) is 53.4 Å². The second-order valence-electron chi connectivity index (χ2n) is 4.45. The maximum atomic E-state index is 11.8. The topological polar surface area (TPSA) is 41.1 Å². The molecule has 0 fully saturated rings. The van der Waals surface area contributed by atoms with E-state index in [1.807, 2.05) is 0 Å². The Bertz CT molecular complexity index is 183. The first kappa shape index (κ1) is 15.4. The number of carbonyl (C=O) groups excluding carboxylic acids is 1. The molecule has 2 atom stereocenters. The minimum Gasteiger partial charge on any atom is -0.354 e. The van der Waals surface area contributed by atoms with E-state index in [4.69, 9.17) is 0 Å². The molecule has 0 heterocycles. The maximum absolute atomic E-state index is 11.8. The van der Waals surface area contributed by atoms with Crippen molar-refractivity contribution in [3.63, 3.8) is 0 Å². The fourth-order valence-electron chi connectivity index (χ4n) is 1.79. The zero-order chi connectivity index (χ0) is 12.4.